The van der Waals surface area contributed by atoms with Gasteiger partial charge in [0.2, 0.25) is 5.91 Å². The number of nitrogens with zero attached hydrogens (tertiary/aromatic N) is 1. The maximum atomic E-state index is 11.1. The third-order valence-corrected chi connectivity index (χ3v) is 4.09. The van der Waals surface area contributed by atoms with Gasteiger partial charge in [0.05, 0.1) is 5.92 Å². The molecule has 20 heavy (non-hydrogen) atoms. The number of hydrogen-bond acceptors (Lipinski definition) is 3. The molecule has 1 heterocycles. The first kappa shape index (κ1) is 14.8. The van der Waals surface area contributed by atoms with Gasteiger partial charge in [0.15, 0.2) is 0 Å². The lowest BCUT2D eigenvalue weighted by molar-refractivity contribution is -0.142. The van der Waals surface area contributed by atoms with Crippen molar-refractivity contribution in [3.05, 3.63) is 34.3 Å². The van der Waals surface area contributed by atoms with Crippen molar-refractivity contribution in [3.63, 3.8) is 0 Å². The summed E-state index contributed by atoms with van der Waals surface area (Å²) in [4.78, 5) is 24.2. The second-order valence-corrected chi connectivity index (χ2v) is 5.69. The van der Waals surface area contributed by atoms with Crippen molar-refractivity contribution in [3.8, 4) is 0 Å². The van der Waals surface area contributed by atoms with Crippen molar-refractivity contribution in [1.29, 1.82) is 0 Å². The Morgan fingerprint density at radius 3 is 2.65 bits per heavy atom. The second-order valence-electron chi connectivity index (χ2n) is 5.29. The van der Waals surface area contributed by atoms with Crippen molar-refractivity contribution in [2.24, 2.45) is 17.6 Å². The van der Waals surface area contributed by atoms with E-state index in [2.05, 4.69) is 4.90 Å². The van der Waals surface area contributed by atoms with Gasteiger partial charge >= 0.3 is 5.97 Å². The van der Waals surface area contributed by atoms with Crippen LogP contribution in [-0.4, -0.2) is 35.0 Å². The number of aliphatic carboxylic acids is 1. The largest absolute Gasteiger partial charge is 0.481 e. The number of likely N-dealkylation sites (tertiary alicyclic amines) is 1. The topological polar surface area (TPSA) is 83.6 Å². The fourth-order valence-electron chi connectivity index (χ4n) is 2.59. The minimum Gasteiger partial charge on any atom is -0.481 e. The number of rotatable bonds is 4. The Kier molecular flexibility index (Phi) is 4.30. The molecular formula is C14H17ClN2O3. The highest BCUT2D eigenvalue weighted by atomic mass is 35.5. The maximum absolute atomic E-state index is 11.1. The van der Waals surface area contributed by atoms with Crippen molar-refractivity contribution in [2.45, 2.75) is 13.5 Å². The summed E-state index contributed by atoms with van der Waals surface area (Å²) in [5.74, 6) is -1.48. The first-order valence-corrected chi connectivity index (χ1v) is 6.79. The molecule has 0 saturated carbocycles. The van der Waals surface area contributed by atoms with Crippen LogP contribution in [0.25, 0.3) is 0 Å². The molecule has 0 radical (unpaired) electrons. The minimum absolute atomic E-state index is 0.121. The van der Waals surface area contributed by atoms with Crippen molar-refractivity contribution >= 4 is 23.5 Å². The molecule has 5 nitrogen and oxygen atoms in total. The average Bonchev–Trinajstić information content (AvgIpc) is 2.73. The molecular weight excluding hydrogens is 280 g/mol. The zero-order valence-electron chi connectivity index (χ0n) is 11.2. The van der Waals surface area contributed by atoms with Gasteiger partial charge in [-0.2, -0.15) is 0 Å². The summed E-state index contributed by atoms with van der Waals surface area (Å²) in [6.45, 7) is 3.76. The summed E-state index contributed by atoms with van der Waals surface area (Å²) in [5, 5.41) is 9.59. The Balaban J connectivity index is 2.08. The number of carbonyl (C=O) groups excluding carboxylic acids is 1. The smallest absolute Gasteiger partial charge is 0.308 e. The van der Waals surface area contributed by atoms with Crippen LogP contribution in [0.2, 0.25) is 5.02 Å². The van der Waals surface area contributed by atoms with Crippen LogP contribution in [0.3, 0.4) is 0 Å². The Hall–Kier alpha value is -1.59. The SMILES string of the molecule is CC1CN(Cc2ccc(C(N)=O)cc2Cl)CC1C(=O)O. The summed E-state index contributed by atoms with van der Waals surface area (Å²) in [6, 6.07) is 4.95. The van der Waals surface area contributed by atoms with Crippen LogP contribution in [0.4, 0.5) is 0 Å². The maximum Gasteiger partial charge on any atom is 0.308 e. The van der Waals surface area contributed by atoms with Crippen LogP contribution < -0.4 is 5.73 Å². The van der Waals surface area contributed by atoms with Gasteiger partial charge < -0.3 is 10.8 Å². The molecule has 1 aromatic carbocycles. The van der Waals surface area contributed by atoms with Gasteiger partial charge in [-0.15, -0.1) is 0 Å². The first-order chi connectivity index (χ1) is 9.38. The summed E-state index contributed by atoms with van der Waals surface area (Å²) in [5.41, 5.74) is 6.44. The van der Waals surface area contributed by atoms with Crippen LogP contribution >= 0.6 is 11.6 Å². The standard InChI is InChI=1S/C14H17ClN2O3/c1-8-5-17(7-11(8)14(19)20)6-10-3-2-9(13(16)18)4-12(10)15/h2-4,8,11H,5-7H2,1H3,(H2,16,18)(H,19,20). The van der Waals surface area contributed by atoms with Crippen LogP contribution in [0.1, 0.15) is 22.8 Å². The Morgan fingerprint density at radius 2 is 2.15 bits per heavy atom. The van der Waals surface area contributed by atoms with Crippen molar-refractivity contribution in [2.75, 3.05) is 13.1 Å². The number of carbonyl (C=O) groups is 2. The fraction of sp³-hybridized carbons (Fsp3) is 0.429. The summed E-state index contributed by atoms with van der Waals surface area (Å²) in [7, 11) is 0. The number of primary amides is 1. The molecule has 1 fully saturated rings. The fourth-order valence-corrected chi connectivity index (χ4v) is 2.83. The molecule has 0 spiro atoms. The van der Waals surface area contributed by atoms with E-state index in [1.54, 1.807) is 18.2 Å². The van der Waals surface area contributed by atoms with Gasteiger partial charge in [0.25, 0.3) is 0 Å². The molecule has 0 aromatic heterocycles. The molecule has 1 saturated heterocycles. The zero-order valence-corrected chi connectivity index (χ0v) is 11.9. The predicted molar refractivity (Wildman–Crippen MR) is 75.5 cm³/mol. The molecule has 6 heteroatoms. The highest BCUT2D eigenvalue weighted by Crippen LogP contribution is 2.27. The average molecular weight is 297 g/mol. The molecule has 0 aliphatic carbocycles. The Bertz CT molecular complexity index is 547. The van der Waals surface area contributed by atoms with Gasteiger partial charge in [-0.1, -0.05) is 24.6 Å². The molecule has 0 bridgehead atoms. The highest BCUT2D eigenvalue weighted by molar-refractivity contribution is 6.31. The van der Waals surface area contributed by atoms with Crippen LogP contribution in [-0.2, 0) is 11.3 Å². The van der Waals surface area contributed by atoms with Crippen LogP contribution in [0.5, 0.6) is 0 Å². The quantitative estimate of drug-likeness (QED) is 0.884. The molecule has 1 aromatic rings. The van der Waals surface area contributed by atoms with E-state index in [4.69, 9.17) is 22.4 Å². The Morgan fingerprint density at radius 1 is 1.45 bits per heavy atom. The van der Waals surface area contributed by atoms with E-state index < -0.39 is 11.9 Å². The molecule has 1 aliphatic rings. The molecule has 108 valence electrons. The molecule has 2 rings (SSSR count). The van der Waals surface area contributed by atoms with E-state index in [1.165, 1.54) is 0 Å². The minimum atomic E-state index is -0.754. The third-order valence-electron chi connectivity index (χ3n) is 3.74. The van der Waals surface area contributed by atoms with Crippen molar-refractivity contribution in [1.82, 2.24) is 4.90 Å². The lowest BCUT2D eigenvalue weighted by Gasteiger charge is -2.16. The van der Waals surface area contributed by atoms with Crippen LogP contribution in [0.15, 0.2) is 18.2 Å². The number of carboxylic acid groups (broad SMARTS) is 1. The first-order valence-electron chi connectivity index (χ1n) is 6.42. The number of amides is 1. The highest BCUT2D eigenvalue weighted by Gasteiger charge is 2.34. The Labute approximate surface area is 122 Å². The normalized spacial score (nSPS) is 22.9. The van der Waals surface area contributed by atoms with Gasteiger partial charge in [-0.3, -0.25) is 14.5 Å². The van der Waals surface area contributed by atoms with Crippen LogP contribution in [0, 0.1) is 11.8 Å². The monoisotopic (exact) mass is 296 g/mol. The zero-order chi connectivity index (χ0) is 14.9. The van der Waals surface area contributed by atoms with Crippen molar-refractivity contribution < 1.29 is 14.7 Å². The van der Waals surface area contributed by atoms with E-state index in [0.29, 0.717) is 23.7 Å². The number of hydrogen-bond donors (Lipinski definition) is 2. The molecule has 2 unspecified atom stereocenters. The van der Waals surface area contributed by atoms with Gasteiger partial charge in [-0.25, -0.2) is 0 Å². The van der Waals surface area contributed by atoms with Gasteiger partial charge in [0, 0.05) is 30.2 Å². The summed E-state index contributed by atoms with van der Waals surface area (Å²) in [6.07, 6.45) is 0. The summed E-state index contributed by atoms with van der Waals surface area (Å²) >= 11 is 6.14. The van der Waals surface area contributed by atoms with E-state index in [0.717, 1.165) is 12.1 Å². The van der Waals surface area contributed by atoms with E-state index in [-0.39, 0.29) is 11.8 Å². The lowest BCUT2D eigenvalue weighted by Crippen LogP contribution is -2.23. The molecule has 1 amide bonds. The number of carboxylic acids is 1. The number of halogens is 1. The summed E-state index contributed by atoms with van der Waals surface area (Å²) < 4.78 is 0. The third kappa shape index (κ3) is 3.11. The van der Waals surface area contributed by atoms with E-state index in [9.17, 15) is 9.59 Å². The number of benzene rings is 1. The van der Waals surface area contributed by atoms with E-state index >= 15 is 0 Å². The van der Waals surface area contributed by atoms with Gasteiger partial charge in [-0.05, 0) is 23.6 Å². The number of nitrogens with two attached hydrogens (primary N) is 1. The molecule has 2 atom stereocenters. The lowest BCUT2D eigenvalue weighted by atomic mass is 9.99. The van der Waals surface area contributed by atoms with E-state index in [1.807, 2.05) is 6.92 Å². The predicted octanol–water partition coefficient (Wildman–Crippen LogP) is 1.59. The molecule has 3 N–H and O–H groups in total. The molecule has 1 aliphatic heterocycles. The van der Waals surface area contributed by atoms with Gasteiger partial charge in [0.1, 0.15) is 0 Å². The second kappa shape index (κ2) is 5.81.